The summed E-state index contributed by atoms with van der Waals surface area (Å²) in [6.45, 7) is 0. The number of carbonyl (C=O) groups excluding carboxylic acids is 1. The van der Waals surface area contributed by atoms with Gasteiger partial charge in [0, 0.05) is 23.5 Å². The highest BCUT2D eigenvalue weighted by atomic mass is 19.1. The van der Waals surface area contributed by atoms with Crippen LogP contribution in [-0.4, -0.2) is 17.1 Å². The zero-order valence-electron chi connectivity index (χ0n) is 11.9. The summed E-state index contributed by atoms with van der Waals surface area (Å²) in [5, 5.41) is 3.83. The van der Waals surface area contributed by atoms with Gasteiger partial charge in [-0.3, -0.25) is 9.78 Å². The first-order valence-electron chi connectivity index (χ1n) is 6.81. The van der Waals surface area contributed by atoms with Crippen LogP contribution in [0.15, 0.2) is 70.4 Å². The molecule has 1 N–H and O–H groups in total. The number of carbonyl (C=O) groups is 1. The third-order valence-electron chi connectivity index (χ3n) is 3.04. The Morgan fingerprint density at radius 2 is 2.00 bits per heavy atom. The van der Waals surface area contributed by atoms with Crippen molar-refractivity contribution in [2.24, 2.45) is 5.10 Å². The Morgan fingerprint density at radius 3 is 2.78 bits per heavy atom. The molecule has 0 atom stereocenters. The fraction of sp³-hybridized carbons (Fsp3) is 0. The predicted octanol–water partition coefficient (Wildman–Crippen LogP) is 3.24. The van der Waals surface area contributed by atoms with E-state index in [0.29, 0.717) is 22.6 Å². The fourth-order valence-electron chi connectivity index (χ4n) is 1.94. The molecule has 2 heterocycles. The molecule has 3 aromatic rings. The molecule has 6 heteroatoms. The van der Waals surface area contributed by atoms with Crippen LogP contribution in [0.3, 0.4) is 0 Å². The molecule has 23 heavy (non-hydrogen) atoms. The topological polar surface area (TPSA) is 67.5 Å². The van der Waals surface area contributed by atoms with Crippen LogP contribution >= 0.6 is 0 Å². The molecule has 3 rings (SSSR count). The molecule has 0 aliphatic carbocycles. The number of halogens is 1. The van der Waals surface area contributed by atoms with Crippen LogP contribution < -0.4 is 5.43 Å². The van der Waals surface area contributed by atoms with Gasteiger partial charge in [0.2, 0.25) is 0 Å². The Kier molecular flexibility index (Phi) is 4.24. The second-order valence-electron chi connectivity index (χ2n) is 4.65. The SMILES string of the molecule is O=C(N/N=C\c1ccc(-c2cccc(F)c2)o1)c1ccncc1. The minimum Gasteiger partial charge on any atom is -0.455 e. The van der Waals surface area contributed by atoms with Gasteiger partial charge in [-0.1, -0.05) is 12.1 Å². The average Bonchev–Trinajstić information content (AvgIpc) is 3.04. The number of benzene rings is 1. The van der Waals surface area contributed by atoms with E-state index in [2.05, 4.69) is 15.5 Å². The van der Waals surface area contributed by atoms with Gasteiger partial charge in [-0.25, -0.2) is 9.82 Å². The molecule has 1 amide bonds. The highest BCUT2D eigenvalue weighted by molar-refractivity contribution is 5.94. The Balaban J connectivity index is 1.66. The molecule has 0 unspecified atom stereocenters. The molecule has 0 aliphatic heterocycles. The summed E-state index contributed by atoms with van der Waals surface area (Å²) in [7, 11) is 0. The summed E-state index contributed by atoms with van der Waals surface area (Å²) in [6.07, 6.45) is 4.43. The Bertz CT molecular complexity index is 844. The van der Waals surface area contributed by atoms with Crippen molar-refractivity contribution >= 4 is 12.1 Å². The van der Waals surface area contributed by atoms with Gasteiger partial charge in [0.05, 0.1) is 6.21 Å². The van der Waals surface area contributed by atoms with E-state index in [1.54, 1.807) is 36.4 Å². The lowest BCUT2D eigenvalue weighted by atomic mass is 10.2. The molecule has 1 aromatic carbocycles. The second kappa shape index (κ2) is 6.65. The molecule has 114 valence electrons. The minimum absolute atomic E-state index is 0.335. The van der Waals surface area contributed by atoms with Crippen molar-refractivity contribution in [3.63, 3.8) is 0 Å². The van der Waals surface area contributed by atoms with E-state index < -0.39 is 0 Å². The summed E-state index contributed by atoms with van der Waals surface area (Å²) in [5.74, 6) is 0.282. The quantitative estimate of drug-likeness (QED) is 0.594. The zero-order valence-corrected chi connectivity index (χ0v) is 11.9. The van der Waals surface area contributed by atoms with Crippen LogP contribution in [-0.2, 0) is 0 Å². The second-order valence-corrected chi connectivity index (χ2v) is 4.65. The maximum Gasteiger partial charge on any atom is 0.271 e. The lowest BCUT2D eigenvalue weighted by Gasteiger charge is -1.98. The Hall–Kier alpha value is -3.28. The number of aromatic nitrogens is 1. The molecule has 0 fully saturated rings. The molecule has 0 spiro atoms. The number of pyridine rings is 1. The third-order valence-corrected chi connectivity index (χ3v) is 3.04. The van der Waals surface area contributed by atoms with Gasteiger partial charge in [-0.15, -0.1) is 0 Å². The Morgan fingerprint density at radius 1 is 1.17 bits per heavy atom. The number of hydrazone groups is 1. The van der Waals surface area contributed by atoms with E-state index in [1.807, 2.05) is 0 Å². The molecule has 0 radical (unpaired) electrons. The number of nitrogens with zero attached hydrogens (tertiary/aromatic N) is 2. The normalized spacial score (nSPS) is 10.8. The van der Waals surface area contributed by atoms with Crippen molar-refractivity contribution in [3.8, 4) is 11.3 Å². The lowest BCUT2D eigenvalue weighted by molar-refractivity contribution is 0.0955. The summed E-state index contributed by atoms with van der Waals surface area (Å²) in [6, 6.07) is 12.7. The summed E-state index contributed by atoms with van der Waals surface area (Å²) >= 11 is 0. The van der Waals surface area contributed by atoms with Crippen LogP contribution in [0.2, 0.25) is 0 Å². The molecule has 0 bridgehead atoms. The molecule has 2 aromatic heterocycles. The molecule has 5 nitrogen and oxygen atoms in total. The number of hydrogen-bond donors (Lipinski definition) is 1. The number of nitrogens with one attached hydrogen (secondary N) is 1. The van der Waals surface area contributed by atoms with Gasteiger partial charge in [0.25, 0.3) is 5.91 Å². The monoisotopic (exact) mass is 309 g/mol. The molecule has 0 saturated heterocycles. The first-order chi connectivity index (χ1) is 11.2. The zero-order chi connectivity index (χ0) is 16.1. The smallest absolute Gasteiger partial charge is 0.271 e. The van der Waals surface area contributed by atoms with Crippen molar-refractivity contribution in [3.05, 3.63) is 78.1 Å². The van der Waals surface area contributed by atoms with Crippen molar-refractivity contribution < 1.29 is 13.6 Å². The van der Waals surface area contributed by atoms with Crippen molar-refractivity contribution in [2.75, 3.05) is 0 Å². The first-order valence-corrected chi connectivity index (χ1v) is 6.81. The highest BCUT2D eigenvalue weighted by Gasteiger charge is 2.05. The standard InChI is InChI=1S/C17H12FN3O2/c18-14-3-1-2-13(10-14)16-5-4-15(23-16)11-20-21-17(22)12-6-8-19-9-7-12/h1-11H,(H,21,22)/b20-11-. The van der Waals surface area contributed by atoms with Crippen LogP contribution in [0.4, 0.5) is 4.39 Å². The van der Waals surface area contributed by atoms with Gasteiger partial charge in [-0.2, -0.15) is 5.10 Å². The number of furan rings is 1. The van der Waals surface area contributed by atoms with Crippen molar-refractivity contribution in [2.45, 2.75) is 0 Å². The van der Waals surface area contributed by atoms with Crippen LogP contribution in [0.1, 0.15) is 16.1 Å². The minimum atomic E-state index is -0.347. The van der Waals surface area contributed by atoms with E-state index in [1.165, 1.54) is 30.7 Å². The van der Waals surface area contributed by atoms with Gasteiger partial charge >= 0.3 is 0 Å². The van der Waals surface area contributed by atoms with E-state index in [0.717, 1.165) is 0 Å². The van der Waals surface area contributed by atoms with Crippen molar-refractivity contribution in [1.29, 1.82) is 0 Å². The maximum absolute atomic E-state index is 13.2. The molecule has 0 aliphatic rings. The van der Waals surface area contributed by atoms with E-state index in [4.69, 9.17) is 4.42 Å². The van der Waals surface area contributed by atoms with Crippen LogP contribution in [0.25, 0.3) is 11.3 Å². The maximum atomic E-state index is 13.2. The lowest BCUT2D eigenvalue weighted by Crippen LogP contribution is -2.17. The van der Waals surface area contributed by atoms with Gasteiger partial charge in [0.1, 0.15) is 17.3 Å². The van der Waals surface area contributed by atoms with Crippen LogP contribution in [0.5, 0.6) is 0 Å². The average molecular weight is 309 g/mol. The largest absolute Gasteiger partial charge is 0.455 e. The summed E-state index contributed by atoms with van der Waals surface area (Å²) in [4.78, 5) is 15.6. The highest BCUT2D eigenvalue weighted by Crippen LogP contribution is 2.22. The van der Waals surface area contributed by atoms with Gasteiger partial charge in [0.15, 0.2) is 0 Å². The molecular weight excluding hydrogens is 297 g/mol. The van der Waals surface area contributed by atoms with E-state index in [-0.39, 0.29) is 11.7 Å². The van der Waals surface area contributed by atoms with E-state index >= 15 is 0 Å². The predicted molar refractivity (Wildman–Crippen MR) is 83.4 cm³/mol. The number of hydrogen-bond acceptors (Lipinski definition) is 4. The third kappa shape index (κ3) is 3.68. The van der Waals surface area contributed by atoms with Crippen LogP contribution in [0, 0.1) is 5.82 Å². The Labute approximate surface area is 131 Å². The number of rotatable bonds is 4. The van der Waals surface area contributed by atoms with Gasteiger partial charge in [-0.05, 0) is 36.4 Å². The molecule has 0 saturated carbocycles. The van der Waals surface area contributed by atoms with Gasteiger partial charge < -0.3 is 4.42 Å². The van der Waals surface area contributed by atoms with E-state index in [9.17, 15) is 9.18 Å². The number of amides is 1. The summed E-state index contributed by atoms with van der Waals surface area (Å²) in [5.41, 5.74) is 3.47. The molecular formula is C17H12FN3O2. The summed E-state index contributed by atoms with van der Waals surface area (Å²) < 4.78 is 18.7. The fourth-order valence-corrected chi connectivity index (χ4v) is 1.94. The van der Waals surface area contributed by atoms with Crippen molar-refractivity contribution in [1.82, 2.24) is 10.4 Å². The first kappa shape index (κ1) is 14.6.